The zero-order chi connectivity index (χ0) is 15.1. The minimum Gasteiger partial charge on any atom is -0.382 e. The molecular formula is C16H22ClN3O. The molecule has 1 N–H and O–H groups in total. The van der Waals surface area contributed by atoms with Crippen LogP contribution in [0.15, 0.2) is 30.5 Å². The molecule has 1 aromatic heterocycles. The average Bonchev–Trinajstić information content (AvgIpc) is 2.82. The molecule has 114 valence electrons. The van der Waals surface area contributed by atoms with Crippen LogP contribution in [0.3, 0.4) is 0 Å². The van der Waals surface area contributed by atoms with Gasteiger partial charge in [-0.15, -0.1) is 0 Å². The van der Waals surface area contributed by atoms with Crippen molar-refractivity contribution >= 4 is 17.5 Å². The first-order chi connectivity index (χ1) is 10.2. The van der Waals surface area contributed by atoms with Crippen LogP contribution in [-0.4, -0.2) is 22.8 Å². The molecule has 0 saturated heterocycles. The smallest absolute Gasteiger partial charge is 0.203 e. The van der Waals surface area contributed by atoms with E-state index in [0.717, 1.165) is 48.4 Å². The maximum absolute atomic E-state index is 6.00. The van der Waals surface area contributed by atoms with Crippen LogP contribution in [0, 0.1) is 6.92 Å². The molecule has 2 rings (SSSR count). The van der Waals surface area contributed by atoms with Crippen LogP contribution in [0.25, 0.3) is 0 Å². The summed E-state index contributed by atoms with van der Waals surface area (Å²) in [5, 5.41) is 4.13. The zero-order valence-electron chi connectivity index (χ0n) is 12.6. The Kier molecular flexibility index (Phi) is 6.08. The number of hydrogen-bond donors (Lipinski definition) is 1. The largest absolute Gasteiger partial charge is 0.382 e. The summed E-state index contributed by atoms with van der Waals surface area (Å²) in [6.07, 6.45) is 3.04. The van der Waals surface area contributed by atoms with E-state index < -0.39 is 0 Å². The van der Waals surface area contributed by atoms with Gasteiger partial charge in [-0.05, 0) is 38.0 Å². The number of nitrogens with one attached hydrogen (secondary N) is 1. The molecule has 0 aliphatic heterocycles. The Labute approximate surface area is 131 Å². The van der Waals surface area contributed by atoms with Gasteiger partial charge < -0.3 is 14.6 Å². The number of halogens is 1. The molecule has 0 fully saturated rings. The molecule has 0 spiro atoms. The zero-order valence-corrected chi connectivity index (χ0v) is 13.4. The lowest BCUT2D eigenvalue weighted by molar-refractivity contribution is 0.142. The molecule has 1 aromatic carbocycles. The highest BCUT2D eigenvalue weighted by Gasteiger charge is 2.05. The van der Waals surface area contributed by atoms with Gasteiger partial charge in [0, 0.05) is 37.5 Å². The van der Waals surface area contributed by atoms with Crippen molar-refractivity contribution < 1.29 is 4.74 Å². The topological polar surface area (TPSA) is 39.1 Å². The first-order valence-electron chi connectivity index (χ1n) is 7.29. The summed E-state index contributed by atoms with van der Waals surface area (Å²) in [6.45, 7) is 7.18. The van der Waals surface area contributed by atoms with E-state index in [2.05, 4.69) is 21.1 Å². The minimum atomic E-state index is 0.711. The SMILES string of the molecule is CCOCCCn1cc(C)nc1NCc1cccc(Cl)c1. The number of hydrogen-bond acceptors (Lipinski definition) is 3. The van der Waals surface area contributed by atoms with E-state index in [1.807, 2.05) is 38.1 Å². The fourth-order valence-electron chi connectivity index (χ4n) is 2.17. The number of anilines is 1. The molecule has 0 amide bonds. The summed E-state index contributed by atoms with van der Waals surface area (Å²) in [4.78, 5) is 4.53. The monoisotopic (exact) mass is 307 g/mol. The molecule has 4 nitrogen and oxygen atoms in total. The molecule has 0 radical (unpaired) electrons. The van der Waals surface area contributed by atoms with Crippen molar-refractivity contribution in [2.45, 2.75) is 33.4 Å². The molecule has 21 heavy (non-hydrogen) atoms. The van der Waals surface area contributed by atoms with E-state index in [9.17, 15) is 0 Å². The van der Waals surface area contributed by atoms with E-state index in [1.165, 1.54) is 0 Å². The molecule has 0 unspecified atom stereocenters. The number of nitrogens with zero attached hydrogens (tertiary/aromatic N) is 2. The van der Waals surface area contributed by atoms with Gasteiger partial charge in [-0.1, -0.05) is 23.7 Å². The molecule has 0 saturated carbocycles. The van der Waals surface area contributed by atoms with Crippen molar-refractivity contribution in [3.63, 3.8) is 0 Å². The minimum absolute atomic E-state index is 0.711. The number of imidazole rings is 1. The summed E-state index contributed by atoms with van der Waals surface area (Å²) >= 11 is 6.00. The van der Waals surface area contributed by atoms with Crippen molar-refractivity contribution in [3.05, 3.63) is 46.7 Å². The fourth-order valence-corrected chi connectivity index (χ4v) is 2.38. The first kappa shape index (κ1) is 15.9. The highest BCUT2D eigenvalue weighted by Crippen LogP contribution is 2.14. The molecule has 0 aliphatic carbocycles. The Morgan fingerprint density at radius 1 is 1.38 bits per heavy atom. The average molecular weight is 308 g/mol. The summed E-state index contributed by atoms with van der Waals surface area (Å²) in [7, 11) is 0. The van der Waals surface area contributed by atoms with Gasteiger partial charge in [0.1, 0.15) is 0 Å². The van der Waals surface area contributed by atoms with E-state index in [-0.39, 0.29) is 0 Å². The Balaban J connectivity index is 1.93. The van der Waals surface area contributed by atoms with Gasteiger partial charge in [0.2, 0.25) is 5.95 Å². The predicted octanol–water partition coefficient (Wildman–Crippen LogP) is 3.88. The second-order valence-corrected chi connectivity index (χ2v) is 5.37. The second-order valence-electron chi connectivity index (χ2n) is 4.93. The van der Waals surface area contributed by atoms with Crippen molar-refractivity contribution in [2.75, 3.05) is 18.5 Å². The van der Waals surface area contributed by atoms with Crippen molar-refractivity contribution in [2.24, 2.45) is 0 Å². The van der Waals surface area contributed by atoms with E-state index >= 15 is 0 Å². The summed E-state index contributed by atoms with van der Waals surface area (Å²) in [5.74, 6) is 0.893. The Morgan fingerprint density at radius 3 is 3.00 bits per heavy atom. The second kappa shape index (κ2) is 8.05. The third kappa shape index (κ3) is 5.06. The molecule has 1 heterocycles. The lowest BCUT2D eigenvalue weighted by atomic mass is 10.2. The normalized spacial score (nSPS) is 10.8. The highest BCUT2D eigenvalue weighted by molar-refractivity contribution is 6.30. The first-order valence-corrected chi connectivity index (χ1v) is 7.66. The summed E-state index contributed by atoms with van der Waals surface area (Å²) in [5.41, 5.74) is 2.16. The Bertz CT molecular complexity index is 568. The van der Waals surface area contributed by atoms with Crippen molar-refractivity contribution in [1.29, 1.82) is 0 Å². The maximum atomic E-state index is 6.00. The molecule has 0 bridgehead atoms. The summed E-state index contributed by atoms with van der Waals surface area (Å²) < 4.78 is 7.51. The van der Waals surface area contributed by atoms with Crippen LogP contribution in [0.2, 0.25) is 5.02 Å². The van der Waals surface area contributed by atoms with Gasteiger partial charge in [0.15, 0.2) is 0 Å². The van der Waals surface area contributed by atoms with Crippen molar-refractivity contribution in [1.82, 2.24) is 9.55 Å². The van der Waals surface area contributed by atoms with Crippen LogP contribution < -0.4 is 5.32 Å². The standard InChI is InChI=1S/C16H22ClN3O/c1-3-21-9-5-8-20-12-13(2)19-16(20)18-11-14-6-4-7-15(17)10-14/h4,6-7,10,12H,3,5,8-9,11H2,1-2H3,(H,18,19). The van der Waals surface area contributed by atoms with E-state index in [0.29, 0.717) is 6.54 Å². The molecular weight excluding hydrogens is 286 g/mol. The predicted molar refractivity (Wildman–Crippen MR) is 86.9 cm³/mol. The van der Waals surface area contributed by atoms with Gasteiger partial charge >= 0.3 is 0 Å². The maximum Gasteiger partial charge on any atom is 0.203 e. The third-order valence-corrected chi connectivity index (χ3v) is 3.36. The van der Waals surface area contributed by atoms with Crippen LogP contribution in [0.4, 0.5) is 5.95 Å². The lowest BCUT2D eigenvalue weighted by Crippen LogP contribution is -2.09. The molecule has 0 atom stereocenters. The van der Waals surface area contributed by atoms with Gasteiger partial charge in [-0.2, -0.15) is 0 Å². The number of ether oxygens (including phenoxy) is 1. The number of aromatic nitrogens is 2. The van der Waals surface area contributed by atoms with Gasteiger partial charge in [-0.25, -0.2) is 4.98 Å². The quantitative estimate of drug-likeness (QED) is 0.752. The molecule has 0 aliphatic rings. The van der Waals surface area contributed by atoms with Gasteiger partial charge in [-0.3, -0.25) is 0 Å². The van der Waals surface area contributed by atoms with Gasteiger partial charge in [0.25, 0.3) is 0 Å². The third-order valence-electron chi connectivity index (χ3n) is 3.13. The Hall–Kier alpha value is -1.52. The highest BCUT2D eigenvalue weighted by atomic mass is 35.5. The van der Waals surface area contributed by atoms with Crippen LogP contribution in [0.5, 0.6) is 0 Å². The van der Waals surface area contributed by atoms with Crippen LogP contribution >= 0.6 is 11.6 Å². The van der Waals surface area contributed by atoms with E-state index in [4.69, 9.17) is 16.3 Å². The number of rotatable bonds is 8. The molecule has 2 aromatic rings. The Morgan fingerprint density at radius 2 is 2.24 bits per heavy atom. The van der Waals surface area contributed by atoms with Crippen molar-refractivity contribution in [3.8, 4) is 0 Å². The number of benzene rings is 1. The molecule has 5 heteroatoms. The lowest BCUT2D eigenvalue weighted by Gasteiger charge is -2.10. The fraction of sp³-hybridized carbons (Fsp3) is 0.438. The van der Waals surface area contributed by atoms with Crippen LogP contribution in [0.1, 0.15) is 24.6 Å². The van der Waals surface area contributed by atoms with Crippen LogP contribution in [-0.2, 0) is 17.8 Å². The number of aryl methyl sites for hydroxylation is 2. The van der Waals surface area contributed by atoms with E-state index in [1.54, 1.807) is 0 Å². The van der Waals surface area contributed by atoms with Gasteiger partial charge in [0.05, 0.1) is 5.69 Å². The summed E-state index contributed by atoms with van der Waals surface area (Å²) in [6, 6.07) is 7.85.